The van der Waals surface area contributed by atoms with Crippen molar-refractivity contribution in [3.63, 3.8) is 0 Å². The van der Waals surface area contributed by atoms with Gasteiger partial charge in [0.25, 0.3) is 0 Å². The fourth-order valence-corrected chi connectivity index (χ4v) is 1.82. The molecule has 0 amide bonds. The molecule has 0 saturated heterocycles. The van der Waals surface area contributed by atoms with E-state index in [0.29, 0.717) is 0 Å². The van der Waals surface area contributed by atoms with Crippen LogP contribution in [-0.2, 0) is 6.54 Å². The van der Waals surface area contributed by atoms with E-state index < -0.39 is 0 Å². The van der Waals surface area contributed by atoms with Gasteiger partial charge >= 0.3 is 0 Å². The number of halogens is 1. The molecule has 90 valence electrons. The first-order chi connectivity index (χ1) is 7.63. The van der Waals surface area contributed by atoms with Gasteiger partial charge in [-0.25, -0.2) is 0 Å². The highest BCUT2D eigenvalue weighted by atomic mass is 79.9. The van der Waals surface area contributed by atoms with E-state index in [1.165, 1.54) is 11.3 Å². The van der Waals surface area contributed by atoms with E-state index in [2.05, 4.69) is 63.8 Å². The van der Waals surface area contributed by atoms with Crippen LogP contribution in [0.1, 0.15) is 5.56 Å². The van der Waals surface area contributed by atoms with Crippen LogP contribution in [0.4, 0.5) is 5.69 Å². The third kappa shape index (κ3) is 4.51. The minimum absolute atomic E-state index is 0.900. The Labute approximate surface area is 106 Å². The van der Waals surface area contributed by atoms with Gasteiger partial charge in [0.2, 0.25) is 0 Å². The van der Waals surface area contributed by atoms with Gasteiger partial charge in [-0.2, -0.15) is 0 Å². The minimum Gasteiger partial charge on any atom is -0.388 e. The van der Waals surface area contributed by atoms with Gasteiger partial charge in [-0.1, -0.05) is 22.0 Å². The number of hydrogen-bond donors (Lipinski definition) is 2. The summed E-state index contributed by atoms with van der Waals surface area (Å²) < 4.78 is 1.11. The predicted octanol–water partition coefficient (Wildman–Crippen LogP) is 2.14. The Bertz CT molecular complexity index is 326. The Hall–Kier alpha value is -0.580. The number of anilines is 1. The second-order valence-corrected chi connectivity index (χ2v) is 4.95. The van der Waals surface area contributed by atoms with E-state index in [4.69, 9.17) is 0 Å². The largest absolute Gasteiger partial charge is 0.388 e. The Morgan fingerprint density at radius 3 is 2.69 bits per heavy atom. The van der Waals surface area contributed by atoms with Crippen LogP contribution in [0.3, 0.4) is 0 Å². The number of likely N-dealkylation sites (N-methyl/N-ethyl adjacent to an activating group) is 1. The van der Waals surface area contributed by atoms with E-state index in [-0.39, 0.29) is 0 Å². The maximum absolute atomic E-state index is 3.47. The summed E-state index contributed by atoms with van der Waals surface area (Å²) >= 11 is 3.47. The molecule has 0 atom stereocenters. The van der Waals surface area contributed by atoms with Crippen molar-refractivity contribution in [3.05, 3.63) is 28.2 Å². The highest BCUT2D eigenvalue weighted by Gasteiger charge is 2.01. The molecule has 0 fully saturated rings. The molecule has 0 radical (unpaired) electrons. The lowest BCUT2D eigenvalue weighted by atomic mass is 10.2. The van der Waals surface area contributed by atoms with Crippen molar-refractivity contribution in [2.45, 2.75) is 6.54 Å². The molecular formula is C12H20BrN3. The monoisotopic (exact) mass is 285 g/mol. The number of hydrogen-bond acceptors (Lipinski definition) is 3. The average Bonchev–Trinajstić information content (AvgIpc) is 2.25. The molecule has 0 spiro atoms. The second-order valence-electron chi connectivity index (χ2n) is 4.03. The van der Waals surface area contributed by atoms with E-state index in [1.807, 2.05) is 7.05 Å². The molecule has 1 aromatic carbocycles. The van der Waals surface area contributed by atoms with Crippen molar-refractivity contribution in [1.29, 1.82) is 0 Å². The fourth-order valence-electron chi connectivity index (χ4n) is 1.46. The molecule has 0 heterocycles. The van der Waals surface area contributed by atoms with Gasteiger partial charge in [0.05, 0.1) is 0 Å². The molecule has 0 aromatic heterocycles. The number of nitrogens with zero attached hydrogens (tertiary/aromatic N) is 1. The molecule has 3 nitrogen and oxygen atoms in total. The highest BCUT2D eigenvalue weighted by molar-refractivity contribution is 9.10. The van der Waals surface area contributed by atoms with E-state index in [0.717, 1.165) is 24.1 Å². The van der Waals surface area contributed by atoms with Crippen molar-refractivity contribution < 1.29 is 0 Å². The number of rotatable bonds is 6. The normalized spacial score (nSPS) is 10.8. The molecule has 0 aliphatic heterocycles. The molecule has 16 heavy (non-hydrogen) atoms. The molecule has 4 heteroatoms. The molecule has 2 N–H and O–H groups in total. The maximum atomic E-state index is 3.47. The van der Waals surface area contributed by atoms with E-state index in [1.54, 1.807) is 0 Å². The quantitative estimate of drug-likeness (QED) is 0.785. The van der Waals surface area contributed by atoms with Crippen LogP contribution in [0.15, 0.2) is 22.7 Å². The average molecular weight is 286 g/mol. The molecular weight excluding hydrogens is 266 g/mol. The molecule has 0 saturated carbocycles. The van der Waals surface area contributed by atoms with E-state index >= 15 is 0 Å². The summed E-state index contributed by atoms with van der Waals surface area (Å²) in [5, 5.41) is 6.64. The summed E-state index contributed by atoms with van der Waals surface area (Å²) in [6, 6.07) is 6.31. The predicted molar refractivity (Wildman–Crippen MR) is 73.9 cm³/mol. The summed E-state index contributed by atoms with van der Waals surface area (Å²) in [6.45, 7) is 2.97. The van der Waals surface area contributed by atoms with Gasteiger partial charge in [-0.05, 0) is 31.8 Å². The van der Waals surface area contributed by atoms with Gasteiger partial charge in [-0.3, -0.25) is 0 Å². The highest BCUT2D eigenvalue weighted by Crippen LogP contribution is 2.20. The van der Waals surface area contributed by atoms with Crippen LogP contribution >= 0.6 is 15.9 Å². The molecule has 0 unspecified atom stereocenters. The third-order valence-corrected chi connectivity index (χ3v) is 2.89. The molecule has 0 bridgehead atoms. The maximum Gasteiger partial charge on any atom is 0.0394 e. The third-order valence-electron chi connectivity index (χ3n) is 2.39. The van der Waals surface area contributed by atoms with E-state index in [9.17, 15) is 0 Å². The Kier molecular flexibility index (Phi) is 5.80. The standard InChI is InChI=1S/C12H20BrN3/c1-14-12-8-11(13)5-4-10(12)9-15-6-7-16(2)3/h4-5,8,14-15H,6-7,9H2,1-3H3. The first kappa shape index (κ1) is 13.5. The van der Waals surface area contributed by atoms with Crippen molar-refractivity contribution in [1.82, 2.24) is 10.2 Å². The summed E-state index contributed by atoms with van der Waals surface area (Å²) in [5.74, 6) is 0. The van der Waals surface area contributed by atoms with Crippen LogP contribution in [-0.4, -0.2) is 39.1 Å². The summed E-state index contributed by atoms with van der Waals surface area (Å²) in [4.78, 5) is 2.17. The van der Waals surface area contributed by atoms with Crippen LogP contribution in [0.25, 0.3) is 0 Å². The lowest BCUT2D eigenvalue weighted by Crippen LogP contribution is -2.26. The lowest BCUT2D eigenvalue weighted by Gasteiger charge is -2.13. The van der Waals surface area contributed by atoms with Crippen LogP contribution in [0, 0.1) is 0 Å². The van der Waals surface area contributed by atoms with Gasteiger partial charge in [0.1, 0.15) is 0 Å². The van der Waals surface area contributed by atoms with Gasteiger partial charge in [0, 0.05) is 36.8 Å². The summed E-state index contributed by atoms with van der Waals surface area (Å²) in [6.07, 6.45) is 0. The first-order valence-electron chi connectivity index (χ1n) is 5.45. The Balaban J connectivity index is 2.47. The smallest absolute Gasteiger partial charge is 0.0394 e. The van der Waals surface area contributed by atoms with Gasteiger partial charge in [0.15, 0.2) is 0 Å². The zero-order valence-corrected chi connectivity index (χ0v) is 11.8. The first-order valence-corrected chi connectivity index (χ1v) is 6.24. The minimum atomic E-state index is 0.900. The lowest BCUT2D eigenvalue weighted by molar-refractivity contribution is 0.400. The van der Waals surface area contributed by atoms with Gasteiger partial charge < -0.3 is 15.5 Å². The molecule has 1 rings (SSSR count). The topological polar surface area (TPSA) is 27.3 Å². The van der Waals surface area contributed by atoms with Gasteiger partial charge in [-0.15, -0.1) is 0 Å². The zero-order chi connectivity index (χ0) is 12.0. The molecule has 0 aliphatic rings. The van der Waals surface area contributed by atoms with Crippen molar-refractivity contribution >= 4 is 21.6 Å². The van der Waals surface area contributed by atoms with Crippen LogP contribution in [0.5, 0.6) is 0 Å². The van der Waals surface area contributed by atoms with Crippen molar-refractivity contribution in [2.75, 3.05) is 39.5 Å². The van der Waals surface area contributed by atoms with Crippen molar-refractivity contribution in [2.24, 2.45) is 0 Å². The SMILES string of the molecule is CNc1cc(Br)ccc1CNCCN(C)C. The molecule has 1 aromatic rings. The second kappa shape index (κ2) is 6.89. The Morgan fingerprint density at radius 2 is 2.06 bits per heavy atom. The van der Waals surface area contributed by atoms with Crippen LogP contribution in [0.2, 0.25) is 0 Å². The van der Waals surface area contributed by atoms with Crippen LogP contribution < -0.4 is 10.6 Å². The zero-order valence-electron chi connectivity index (χ0n) is 10.2. The van der Waals surface area contributed by atoms with Crippen molar-refractivity contribution in [3.8, 4) is 0 Å². The number of benzene rings is 1. The fraction of sp³-hybridized carbons (Fsp3) is 0.500. The summed E-state index contributed by atoms with van der Waals surface area (Å²) in [5.41, 5.74) is 2.47. The Morgan fingerprint density at radius 1 is 1.31 bits per heavy atom. The molecule has 0 aliphatic carbocycles. The number of nitrogens with one attached hydrogen (secondary N) is 2. The summed E-state index contributed by atoms with van der Waals surface area (Å²) in [7, 11) is 6.12.